The molecule has 1 aromatic carbocycles. The largest absolute Gasteiger partial charge is 0.402 e. The number of amidine groups is 1. The fourth-order valence-corrected chi connectivity index (χ4v) is 2.83. The molecular weight excluding hydrogens is 400 g/mol. The van der Waals surface area contributed by atoms with Crippen LogP contribution in [-0.4, -0.2) is 22.8 Å². The average Bonchev–Trinajstić information content (AvgIpc) is 2.70. The highest BCUT2D eigenvalue weighted by Gasteiger charge is 2.19. The van der Waals surface area contributed by atoms with E-state index in [0.29, 0.717) is 29.8 Å². The highest BCUT2D eigenvalue weighted by Crippen LogP contribution is 2.25. The van der Waals surface area contributed by atoms with E-state index in [9.17, 15) is 4.79 Å². The zero-order valence-electron chi connectivity index (χ0n) is 19.5. The van der Waals surface area contributed by atoms with Crippen molar-refractivity contribution in [2.24, 2.45) is 11.1 Å². The highest BCUT2D eigenvalue weighted by molar-refractivity contribution is 6.01. The number of carbonyl (C=O) groups is 1. The van der Waals surface area contributed by atoms with Gasteiger partial charge in [-0.05, 0) is 61.2 Å². The SMILES string of the molecule is C=CC(=O)Nc1cccc(-c2cc(CNC(C)C(C)(C)C)cc(NC(=N)/C=C(/C)N)n2)c1. The van der Waals surface area contributed by atoms with Crippen molar-refractivity contribution in [3.63, 3.8) is 0 Å². The second-order valence-corrected chi connectivity index (χ2v) is 8.92. The van der Waals surface area contributed by atoms with Crippen molar-refractivity contribution in [1.29, 1.82) is 5.41 Å². The number of nitrogens with two attached hydrogens (primary N) is 1. The van der Waals surface area contributed by atoms with E-state index in [1.54, 1.807) is 13.0 Å². The van der Waals surface area contributed by atoms with Crippen molar-refractivity contribution in [3.8, 4) is 11.3 Å². The smallest absolute Gasteiger partial charge is 0.247 e. The van der Waals surface area contributed by atoms with Gasteiger partial charge in [0.25, 0.3) is 0 Å². The van der Waals surface area contributed by atoms with Gasteiger partial charge < -0.3 is 21.7 Å². The van der Waals surface area contributed by atoms with Crippen LogP contribution in [-0.2, 0) is 11.3 Å². The van der Waals surface area contributed by atoms with Gasteiger partial charge in [-0.15, -0.1) is 0 Å². The van der Waals surface area contributed by atoms with E-state index >= 15 is 0 Å². The number of aromatic nitrogens is 1. The van der Waals surface area contributed by atoms with E-state index in [2.05, 4.69) is 55.2 Å². The molecule has 0 fully saturated rings. The second kappa shape index (κ2) is 10.7. The summed E-state index contributed by atoms with van der Waals surface area (Å²) < 4.78 is 0. The Morgan fingerprint density at radius 3 is 2.59 bits per heavy atom. The molecular formula is C25H34N6O. The number of hydrogen-bond acceptors (Lipinski definition) is 5. The maximum absolute atomic E-state index is 11.7. The number of benzene rings is 1. The first-order valence-electron chi connectivity index (χ1n) is 10.6. The summed E-state index contributed by atoms with van der Waals surface area (Å²) in [7, 11) is 0. The van der Waals surface area contributed by atoms with Crippen LogP contribution in [0.4, 0.5) is 11.5 Å². The van der Waals surface area contributed by atoms with Crippen LogP contribution in [0.1, 0.15) is 40.2 Å². The fraction of sp³-hybridized carbons (Fsp3) is 0.320. The lowest BCUT2D eigenvalue weighted by molar-refractivity contribution is -0.111. The minimum Gasteiger partial charge on any atom is -0.402 e. The van der Waals surface area contributed by atoms with Crippen LogP contribution in [0.15, 0.2) is 60.8 Å². The molecule has 1 amide bonds. The first-order valence-corrected chi connectivity index (χ1v) is 10.6. The Morgan fingerprint density at radius 2 is 1.97 bits per heavy atom. The number of rotatable bonds is 8. The van der Waals surface area contributed by atoms with Gasteiger partial charge in [-0.1, -0.05) is 39.5 Å². The van der Waals surface area contributed by atoms with E-state index < -0.39 is 0 Å². The normalized spacial score (nSPS) is 12.7. The zero-order valence-corrected chi connectivity index (χ0v) is 19.5. The molecule has 0 aliphatic heterocycles. The average molecular weight is 435 g/mol. The molecule has 0 bridgehead atoms. The molecule has 170 valence electrons. The van der Waals surface area contributed by atoms with Gasteiger partial charge in [-0.25, -0.2) is 4.98 Å². The summed E-state index contributed by atoms with van der Waals surface area (Å²) >= 11 is 0. The van der Waals surface area contributed by atoms with Crippen molar-refractivity contribution in [2.45, 2.75) is 47.2 Å². The molecule has 1 heterocycles. The van der Waals surface area contributed by atoms with Crippen LogP contribution in [0.25, 0.3) is 11.3 Å². The summed E-state index contributed by atoms with van der Waals surface area (Å²) in [5, 5.41) is 17.4. The molecule has 32 heavy (non-hydrogen) atoms. The molecule has 7 heteroatoms. The van der Waals surface area contributed by atoms with E-state index in [0.717, 1.165) is 16.8 Å². The first-order chi connectivity index (χ1) is 15.0. The van der Waals surface area contributed by atoms with E-state index in [1.165, 1.54) is 6.08 Å². The Hall–Kier alpha value is -3.45. The van der Waals surface area contributed by atoms with E-state index in [-0.39, 0.29) is 17.2 Å². The number of nitrogens with one attached hydrogen (secondary N) is 4. The third kappa shape index (κ3) is 7.67. The molecule has 1 unspecified atom stereocenters. The van der Waals surface area contributed by atoms with Crippen molar-refractivity contribution in [1.82, 2.24) is 10.3 Å². The maximum Gasteiger partial charge on any atom is 0.247 e. The van der Waals surface area contributed by atoms with Gasteiger partial charge >= 0.3 is 0 Å². The maximum atomic E-state index is 11.7. The van der Waals surface area contributed by atoms with Gasteiger partial charge in [0, 0.05) is 29.5 Å². The third-order valence-electron chi connectivity index (χ3n) is 5.04. The highest BCUT2D eigenvalue weighted by atomic mass is 16.1. The first kappa shape index (κ1) is 24.8. The predicted molar refractivity (Wildman–Crippen MR) is 134 cm³/mol. The molecule has 0 saturated heterocycles. The molecule has 0 aliphatic rings. The molecule has 2 rings (SSSR count). The number of nitrogens with zero attached hydrogens (tertiary/aromatic N) is 1. The van der Waals surface area contributed by atoms with Gasteiger partial charge in [0.1, 0.15) is 11.7 Å². The van der Waals surface area contributed by atoms with Crippen LogP contribution < -0.4 is 21.7 Å². The Labute approximate surface area is 190 Å². The molecule has 7 nitrogen and oxygen atoms in total. The van der Waals surface area contributed by atoms with E-state index in [4.69, 9.17) is 11.1 Å². The van der Waals surface area contributed by atoms with Gasteiger partial charge in [0.15, 0.2) is 0 Å². The molecule has 0 radical (unpaired) electrons. The van der Waals surface area contributed by atoms with Gasteiger partial charge in [-0.2, -0.15) is 0 Å². The lowest BCUT2D eigenvalue weighted by atomic mass is 9.88. The lowest BCUT2D eigenvalue weighted by Crippen LogP contribution is -2.37. The van der Waals surface area contributed by atoms with Gasteiger partial charge in [0.2, 0.25) is 5.91 Å². The molecule has 0 aliphatic carbocycles. The van der Waals surface area contributed by atoms with Crippen LogP contribution in [0.5, 0.6) is 0 Å². The number of carbonyl (C=O) groups excluding carboxylic acids is 1. The fourth-order valence-electron chi connectivity index (χ4n) is 2.83. The molecule has 1 aromatic heterocycles. The summed E-state index contributed by atoms with van der Waals surface area (Å²) in [6, 6.07) is 11.7. The summed E-state index contributed by atoms with van der Waals surface area (Å²) in [6.07, 6.45) is 2.77. The van der Waals surface area contributed by atoms with Crippen LogP contribution in [0.3, 0.4) is 0 Å². The van der Waals surface area contributed by atoms with E-state index in [1.807, 2.05) is 36.4 Å². The topological polar surface area (TPSA) is 116 Å². The van der Waals surface area contributed by atoms with Crippen molar-refractivity contribution in [2.75, 3.05) is 10.6 Å². The third-order valence-corrected chi connectivity index (χ3v) is 5.04. The minimum atomic E-state index is -0.274. The minimum absolute atomic E-state index is 0.125. The Morgan fingerprint density at radius 1 is 1.25 bits per heavy atom. The van der Waals surface area contributed by atoms with Crippen molar-refractivity contribution >= 4 is 23.2 Å². The predicted octanol–water partition coefficient (Wildman–Crippen LogP) is 4.65. The number of amides is 1. The zero-order chi connectivity index (χ0) is 23.9. The van der Waals surface area contributed by atoms with Crippen LogP contribution >= 0.6 is 0 Å². The Balaban J connectivity index is 2.40. The summed E-state index contributed by atoms with van der Waals surface area (Å²) in [5.74, 6) is 0.429. The van der Waals surface area contributed by atoms with Gasteiger partial charge in [0.05, 0.1) is 5.69 Å². The molecule has 2 aromatic rings. The molecule has 1 atom stereocenters. The number of allylic oxidation sites excluding steroid dienone is 1. The number of hydrogen-bond donors (Lipinski definition) is 5. The second-order valence-electron chi connectivity index (χ2n) is 8.92. The lowest BCUT2D eigenvalue weighted by Gasteiger charge is -2.28. The van der Waals surface area contributed by atoms with Crippen LogP contribution in [0.2, 0.25) is 0 Å². The molecule has 0 saturated carbocycles. The van der Waals surface area contributed by atoms with Crippen LogP contribution in [0, 0.1) is 10.8 Å². The number of anilines is 2. The van der Waals surface area contributed by atoms with Crippen molar-refractivity contribution < 1.29 is 4.79 Å². The Kier molecular flexibility index (Phi) is 8.32. The quantitative estimate of drug-likeness (QED) is 0.236. The van der Waals surface area contributed by atoms with Crippen molar-refractivity contribution in [3.05, 3.63) is 66.4 Å². The summed E-state index contributed by atoms with van der Waals surface area (Å²) in [6.45, 7) is 14.6. The number of pyridine rings is 1. The molecule has 6 N–H and O–H groups in total. The summed E-state index contributed by atoms with van der Waals surface area (Å²) in [5.41, 5.74) is 9.61. The monoisotopic (exact) mass is 434 g/mol. The van der Waals surface area contributed by atoms with Gasteiger partial charge in [-0.3, -0.25) is 10.2 Å². The Bertz CT molecular complexity index is 1020. The molecule has 0 spiro atoms. The standard InChI is InChI=1S/C25H34N6O/c1-7-24(32)29-20-10-8-9-19(14-20)21-12-18(15-28-17(3)25(4,5)6)13-23(30-21)31-22(27)11-16(2)26/h7-14,17,28H,1,15,26H2,2-6H3,(H,29,32)(H2,27,30,31)/b16-11-. The summed E-state index contributed by atoms with van der Waals surface area (Å²) in [4.78, 5) is 16.4.